The summed E-state index contributed by atoms with van der Waals surface area (Å²) in [7, 11) is 0. The largest absolute Gasteiger partial charge is 0.332 e. The summed E-state index contributed by atoms with van der Waals surface area (Å²) in [4.78, 5) is 8.18. The van der Waals surface area contributed by atoms with Crippen molar-refractivity contribution < 1.29 is 0 Å². The summed E-state index contributed by atoms with van der Waals surface area (Å²) < 4.78 is 2.07. The molecule has 0 aromatic carbocycles. The standard InChI is InChI=1S/C12H14N4/c1-12(2,3)8-16-5-4-9-7-14-10(6-13)15-11(9)16/h4-5,7H,8H2,1-3H3. The van der Waals surface area contributed by atoms with E-state index in [0.717, 1.165) is 17.6 Å². The van der Waals surface area contributed by atoms with E-state index in [0.29, 0.717) is 0 Å². The van der Waals surface area contributed by atoms with Gasteiger partial charge in [0.25, 0.3) is 0 Å². The molecule has 2 aromatic rings. The van der Waals surface area contributed by atoms with E-state index < -0.39 is 0 Å². The zero-order valence-electron chi connectivity index (χ0n) is 9.73. The molecule has 0 atom stereocenters. The van der Waals surface area contributed by atoms with Crippen LogP contribution < -0.4 is 0 Å². The number of nitrogens with zero attached hydrogens (tertiary/aromatic N) is 4. The van der Waals surface area contributed by atoms with Crippen LogP contribution in [0.25, 0.3) is 11.0 Å². The number of hydrogen-bond donors (Lipinski definition) is 0. The molecule has 0 aliphatic rings. The molecular formula is C12H14N4. The van der Waals surface area contributed by atoms with Crippen molar-refractivity contribution in [1.82, 2.24) is 14.5 Å². The summed E-state index contributed by atoms with van der Waals surface area (Å²) in [6.45, 7) is 7.39. The third kappa shape index (κ3) is 2.03. The van der Waals surface area contributed by atoms with Gasteiger partial charge in [-0.2, -0.15) is 5.26 Å². The van der Waals surface area contributed by atoms with E-state index in [4.69, 9.17) is 5.26 Å². The van der Waals surface area contributed by atoms with Crippen molar-refractivity contribution in [3.8, 4) is 6.07 Å². The average Bonchev–Trinajstić information content (AvgIpc) is 2.58. The first-order valence-electron chi connectivity index (χ1n) is 5.21. The Bertz CT molecular complexity index is 554. The van der Waals surface area contributed by atoms with Crippen LogP contribution in [0.4, 0.5) is 0 Å². The summed E-state index contributed by atoms with van der Waals surface area (Å²) in [6.07, 6.45) is 3.69. The van der Waals surface area contributed by atoms with Gasteiger partial charge in [0.15, 0.2) is 0 Å². The van der Waals surface area contributed by atoms with Crippen molar-refractivity contribution in [2.45, 2.75) is 27.3 Å². The minimum Gasteiger partial charge on any atom is -0.332 e. The van der Waals surface area contributed by atoms with E-state index in [9.17, 15) is 0 Å². The molecule has 2 rings (SSSR count). The molecule has 0 amide bonds. The molecular weight excluding hydrogens is 200 g/mol. The summed E-state index contributed by atoms with van der Waals surface area (Å²) in [5, 5.41) is 9.75. The molecule has 2 aromatic heterocycles. The summed E-state index contributed by atoms with van der Waals surface area (Å²) in [6, 6.07) is 3.94. The lowest BCUT2D eigenvalue weighted by atomic mass is 9.97. The van der Waals surface area contributed by atoms with E-state index in [1.165, 1.54) is 0 Å². The lowest BCUT2D eigenvalue weighted by Gasteiger charge is -2.19. The molecule has 0 radical (unpaired) electrons. The molecule has 0 aliphatic heterocycles. The molecule has 0 unspecified atom stereocenters. The highest BCUT2D eigenvalue weighted by Crippen LogP contribution is 2.20. The fourth-order valence-corrected chi connectivity index (χ4v) is 1.66. The molecule has 2 heterocycles. The SMILES string of the molecule is CC(C)(C)Cn1ccc2cnc(C#N)nc21. The third-order valence-electron chi connectivity index (χ3n) is 2.25. The molecule has 16 heavy (non-hydrogen) atoms. The van der Waals surface area contributed by atoms with Crippen LogP contribution in [0, 0.1) is 16.7 Å². The molecule has 0 aliphatic carbocycles. The molecule has 0 N–H and O–H groups in total. The summed E-state index contributed by atoms with van der Waals surface area (Å²) in [5.74, 6) is 0.223. The van der Waals surface area contributed by atoms with Gasteiger partial charge in [-0.25, -0.2) is 9.97 Å². The number of aromatic nitrogens is 3. The smallest absolute Gasteiger partial charge is 0.234 e. The number of fused-ring (bicyclic) bond motifs is 1. The van der Waals surface area contributed by atoms with Gasteiger partial charge in [-0.3, -0.25) is 0 Å². The number of rotatable bonds is 1. The Morgan fingerprint density at radius 3 is 2.81 bits per heavy atom. The third-order valence-corrected chi connectivity index (χ3v) is 2.25. The molecule has 0 spiro atoms. The second-order valence-corrected chi connectivity index (χ2v) is 5.09. The van der Waals surface area contributed by atoms with Crippen LogP contribution >= 0.6 is 0 Å². The van der Waals surface area contributed by atoms with Crippen LogP contribution in [-0.4, -0.2) is 14.5 Å². The molecule has 0 bridgehead atoms. The molecule has 82 valence electrons. The van der Waals surface area contributed by atoms with Gasteiger partial charge in [0.2, 0.25) is 5.82 Å². The monoisotopic (exact) mass is 214 g/mol. The Labute approximate surface area is 94.6 Å². The van der Waals surface area contributed by atoms with Gasteiger partial charge < -0.3 is 4.57 Å². The van der Waals surface area contributed by atoms with Crippen LogP contribution in [0.5, 0.6) is 0 Å². The van der Waals surface area contributed by atoms with Gasteiger partial charge in [0, 0.05) is 24.3 Å². The Hall–Kier alpha value is -1.89. The zero-order valence-corrected chi connectivity index (χ0v) is 9.73. The summed E-state index contributed by atoms with van der Waals surface area (Å²) >= 11 is 0. The number of hydrogen-bond acceptors (Lipinski definition) is 3. The highest BCUT2D eigenvalue weighted by Gasteiger charge is 2.13. The van der Waals surface area contributed by atoms with E-state index in [-0.39, 0.29) is 11.2 Å². The Balaban J connectivity index is 2.51. The molecule has 0 saturated carbocycles. The maximum absolute atomic E-state index is 8.77. The predicted octanol–water partition coefficient (Wildman–Crippen LogP) is 2.35. The van der Waals surface area contributed by atoms with Crippen LogP contribution in [0.2, 0.25) is 0 Å². The van der Waals surface area contributed by atoms with Crippen molar-refractivity contribution in [3.05, 3.63) is 24.3 Å². The van der Waals surface area contributed by atoms with E-state index >= 15 is 0 Å². The minimum atomic E-state index is 0.184. The first kappa shape index (κ1) is 10.6. The van der Waals surface area contributed by atoms with Crippen molar-refractivity contribution in [1.29, 1.82) is 5.26 Å². The maximum atomic E-state index is 8.77. The fraction of sp³-hybridized carbons (Fsp3) is 0.417. The molecule has 0 fully saturated rings. The van der Waals surface area contributed by atoms with E-state index in [1.54, 1.807) is 6.20 Å². The van der Waals surface area contributed by atoms with Gasteiger partial charge in [0.1, 0.15) is 11.7 Å². The fourth-order valence-electron chi connectivity index (χ4n) is 1.66. The average molecular weight is 214 g/mol. The van der Waals surface area contributed by atoms with E-state index in [1.807, 2.05) is 18.3 Å². The van der Waals surface area contributed by atoms with Crippen molar-refractivity contribution >= 4 is 11.0 Å². The van der Waals surface area contributed by atoms with Crippen molar-refractivity contribution in [2.24, 2.45) is 5.41 Å². The van der Waals surface area contributed by atoms with Gasteiger partial charge in [-0.15, -0.1) is 0 Å². The van der Waals surface area contributed by atoms with Crippen LogP contribution in [0.15, 0.2) is 18.5 Å². The zero-order chi connectivity index (χ0) is 11.8. The lowest BCUT2D eigenvalue weighted by Crippen LogP contribution is -2.15. The molecule has 4 heteroatoms. The Morgan fingerprint density at radius 1 is 1.44 bits per heavy atom. The number of nitriles is 1. The Kier molecular flexibility index (Phi) is 2.39. The Morgan fingerprint density at radius 2 is 2.19 bits per heavy atom. The lowest BCUT2D eigenvalue weighted by molar-refractivity contribution is 0.348. The van der Waals surface area contributed by atoms with Gasteiger partial charge >= 0.3 is 0 Å². The van der Waals surface area contributed by atoms with Gasteiger partial charge in [0.05, 0.1) is 0 Å². The first-order chi connectivity index (χ1) is 7.49. The van der Waals surface area contributed by atoms with Crippen LogP contribution in [0.3, 0.4) is 0 Å². The van der Waals surface area contributed by atoms with Crippen LogP contribution in [-0.2, 0) is 6.54 Å². The summed E-state index contributed by atoms with van der Waals surface area (Å²) in [5.41, 5.74) is 1.02. The molecule has 4 nitrogen and oxygen atoms in total. The minimum absolute atomic E-state index is 0.184. The topological polar surface area (TPSA) is 54.5 Å². The van der Waals surface area contributed by atoms with Crippen molar-refractivity contribution in [3.63, 3.8) is 0 Å². The first-order valence-corrected chi connectivity index (χ1v) is 5.21. The van der Waals surface area contributed by atoms with E-state index in [2.05, 4.69) is 35.3 Å². The highest BCUT2D eigenvalue weighted by molar-refractivity contribution is 5.75. The molecule has 0 saturated heterocycles. The van der Waals surface area contributed by atoms with Crippen LogP contribution in [0.1, 0.15) is 26.6 Å². The van der Waals surface area contributed by atoms with Crippen molar-refractivity contribution in [2.75, 3.05) is 0 Å². The maximum Gasteiger partial charge on any atom is 0.234 e. The van der Waals surface area contributed by atoms with Gasteiger partial charge in [-0.1, -0.05) is 20.8 Å². The predicted molar refractivity (Wildman–Crippen MR) is 61.7 cm³/mol. The second-order valence-electron chi connectivity index (χ2n) is 5.09. The normalized spacial score (nSPS) is 11.6. The van der Waals surface area contributed by atoms with Gasteiger partial charge in [-0.05, 0) is 11.5 Å². The second kappa shape index (κ2) is 3.60. The highest BCUT2D eigenvalue weighted by atomic mass is 15.1. The quantitative estimate of drug-likeness (QED) is 0.732.